The number of nitrogen functional groups attached to an aromatic ring is 1. The molecule has 0 aliphatic heterocycles. The molecular formula is C13H20N2O3. The van der Waals surface area contributed by atoms with Crippen LogP contribution in [0.5, 0.6) is 0 Å². The molecular weight excluding hydrogens is 232 g/mol. The number of aromatic carboxylic acids is 1. The molecule has 0 spiro atoms. The molecule has 18 heavy (non-hydrogen) atoms. The lowest BCUT2D eigenvalue weighted by Crippen LogP contribution is -2.26. The van der Waals surface area contributed by atoms with Crippen LogP contribution in [-0.2, 0) is 6.54 Å². The number of aliphatic hydroxyl groups excluding tert-OH is 1. The predicted molar refractivity (Wildman–Crippen MR) is 70.5 cm³/mol. The summed E-state index contributed by atoms with van der Waals surface area (Å²) in [6.45, 7) is 4.21. The Balaban J connectivity index is 2.88. The smallest absolute Gasteiger partial charge is 0.338 e. The van der Waals surface area contributed by atoms with Crippen molar-refractivity contribution in [3.05, 3.63) is 29.3 Å². The molecule has 0 unspecified atom stereocenters. The molecule has 4 N–H and O–H groups in total. The molecule has 0 radical (unpaired) electrons. The summed E-state index contributed by atoms with van der Waals surface area (Å²) in [6, 6.07) is 5.13. The molecule has 0 atom stereocenters. The maximum atomic E-state index is 11.2. The fourth-order valence-corrected chi connectivity index (χ4v) is 1.90. The van der Waals surface area contributed by atoms with Crippen molar-refractivity contribution >= 4 is 11.7 Å². The number of hydrogen-bond acceptors (Lipinski definition) is 4. The lowest BCUT2D eigenvalue weighted by atomic mass is 10.0. The molecule has 0 aliphatic carbocycles. The summed E-state index contributed by atoms with van der Waals surface area (Å²) in [6.07, 6.45) is 0.679. The number of nitrogens with zero attached hydrogens (tertiary/aromatic N) is 1. The SMILES string of the molecule is CCN(CCCO)Cc1cccc(N)c1C(=O)O. The van der Waals surface area contributed by atoms with Gasteiger partial charge in [-0.15, -0.1) is 0 Å². The van der Waals surface area contributed by atoms with Gasteiger partial charge in [0.15, 0.2) is 0 Å². The second-order valence-electron chi connectivity index (χ2n) is 4.13. The van der Waals surface area contributed by atoms with Crippen LogP contribution in [0.1, 0.15) is 29.3 Å². The summed E-state index contributed by atoms with van der Waals surface area (Å²) in [5.41, 5.74) is 6.88. The number of carboxylic acids is 1. The van der Waals surface area contributed by atoms with E-state index in [1.54, 1.807) is 18.2 Å². The van der Waals surface area contributed by atoms with Crippen LogP contribution in [0.3, 0.4) is 0 Å². The van der Waals surface area contributed by atoms with Gasteiger partial charge in [-0.1, -0.05) is 19.1 Å². The Bertz CT molecular complexity index is 407. The van der Waals surface area contributed by atoms with Crippen LogP contribution in [0.25, 0.3) is 0 Å². The molecule has 0 aromatic heterocycles. The Morgan fingerprint density at radius 1 is 1.44 bits per heavy atom. The molecule has 0 saturated heterocycles. The van der Waals surface area contributed by atoms with E-state index in [2.05, 4.69) is 4.90 Å². The monoisotopic (exact) mass is 252 g/mol. The topological polar surface area (TPSA) is 86.8 Å². The van der Waals surface area contributed by atoms with Crippen molar-refractivity contribution in [1.29, 1.82) is 0 Å². The molecule has 100 valence electrons. The van der Waals surface area contributed by atoms with Crippen molar-refractivity contribution in [3.8, 4) is 0 Å². The van der Waals surface area contributed by atoms with Crippen molar-refractivity contribution in [2.24, 2.45) is 0 Å². The molecule has 1 aromatic carbocycles. The van der Waals surface area contributed by atoms with Gasteiger partial charge in [0.25, 0.3) is 0 Å². The van der Waals surface area contributed by atoms with Gasteiger partial charge in [0.1, 0.15) is 0 Å². The largest absolute Gasteiger partial charge is 0.478 e. The molecule has 0 fully saturated rings. The van der Waals surface area contributed by atoms with E-state index < -0.39 is 5.97 Å². The maximum Gasteiger partial charge on any atom is 0.338 e. The minimum Gasteiger partial charge on any atom is -0.478 e. The molecule has 0 amide bonds. The van der Waals surface area contributed by atoms with E-state index >= 15 is 0 Å². The Hall–Kier alpha value is -1.59. The normalized spacial score (nSPS) is 10.8. The van der Waals surface area contributed by atoms with E-state index in [0.717, 1.165) is 13.1 Å². The lowest BCUT2D eigenvalue weighted by Gasteiger charge is -2.21. The quantitative estimate of drug-likeness (QED) is 0.634. The molecule has 1 aromatic rings. The summed E-state index contributed by atoms with van der Waals surface area (Å²) in [5.74, 6) is -0.999. The van der Waals surface area contributed by atoms with Gasteiger partial charge in [0.05, 0.1) is 5.56 Å². The summed E-state index contributed by atoms with van der Waals surface area (Å²) >= 11 is 0. The van der Waals surface area contributed by atoms with Gasteiger partial charge >= 0.3 is 5.97 Å². The predicted octanol–water partition coefficient (Wildman–Crippen LogP) is 1.17. The summed E-state index contributed by atoms with van der Waals surface area (Å²) < 4.78 is 0. The van der Waals surface area contributed by atoms with Gasteiger partial charge in [-0.25, -0.2) is 4.79 Å². The highest BCUT2D eigenvalue weighted by Gasteiger charge is 2.15. The first-order chi connectivity index (χ1) is 8.60. The fraction of sp³-hybridized carbons (Fsp3) is 0.462. The molecule has 5 heteroatoms. The fourth-order valence-electron chi connectivity index (χ4n) is 1.90. The average molecular weight is 252 g/mol. The first-order valence-corrected chi connectivity index (χ1v) is 6.04. The van der Waals surface area contributed by atoms with Crippen LogP contribution >= 0.6 is 0 Å². The van der Waals surface area contributed by atoms with Crippen molar-refractivity contribution in [2.45, 2.75) is 19.9 Å². The first-order valence-electron chi connectivity index (χ1n) is 6.04. The summed E-state index contributed by atoms with van der Waals surface area (Å²) in [4.78, 5) is 13.3. The molecule has 0 saturated carbocycles. The number of carbonyl (C=O) groups is 1. The molecule has 5 nitrogen and oxygen atoms in total. The molecule has 0 bridgehead atoms. The number of aliphatic hydroxyl groups is 1. The van der Waals surface area contributed by atoms with Crippen LogP contribution in [-0.4, -0.2) is 40.8 Å². The van der Waals surface area contributed by atoms with E-state index in [4.69, 9.17) is 15.9 Å². The van der Waals surface area contributed by atoms with Crippen LogP contribution < -0.4 is 5.73 Å². The van der Waals surface area contributed by atoms with Crippen LogP contribution in [0, 0.1) is 0 Å². The molecule has 0 heterocycles. The number of hydrogen-bond donors (Lipinski definition) is 3. The van der Waals surface area contributed by atoms with E-state index in [9.17, 15) is 4.79 Å². The second kappa shape index (κ2) is 6.98. The number of benzene rings is 1. The minimum atomic E-state index is -0.999. The maximum absolute atomic E-state index is 11.2. The standard InChI is InChI=1S/C13H20N2O3/c1-2-15(7-4-8-16)9-10-5-3-6-11(14)12(10)13(17)18/h3,5-6,16H,2,4,7-9,14H2,1H3,(H,17,18). The zero-order valence-corrected chi connectivity index (χ0v) is 10.6. The van der Waals surface area contributed by atoms with Crippen molar-refractivity contribution in [2.75, 3.05) is 25.4 Å². The van der Waals surface area contributed by atoms with Crippen molar-refractivity contribution < 1.29 is 15.0 Å². The Morgan fingerprint density at radius 2 is 2.17 bits per heavy atom. The highest BCUT2D eigenvalue weighted by Crippen LogP contribution is 2.18. The van der Waals surface area contributed by atoms with Crippen molar-refractivity contribution in [1.82, 2.24) is 4.90 Å². The van der Waals surface area contributed by atoms with E-state index in [1.165, 1.54) is 0 Å². The van der Waals surface area contributed by atoms with Crippen LogP contribution in [0.15, 0.2) is 18.2 Å². The second-order valence-corrected chi connectivity index (χ2v) is 4.13. The number of carboxylic acid groups (broad SMARTS) is 1. The first kappa shape index (κ1) is 14.5. The third kappa shape index (κ3) is 3.72. The number of anilines is 1. The zero-order valence-electron chi connectivity index (χ0n) is 10.6. The van der Waals surface area contributed by atoms with Gasteiger partial charge < -0.3 is 15.9 Å². The van der Waals surface area contributed by atoms with Gasteiger partial charge in [-0.05, 0) is 24.6 Å². The average Bonchev–Trinajstić information content (AvgIpc) is 2.33. The van der Waals surface area contributed by atoms with Gasteiger partial charge in [-0.2, -0.15) is 0 Å². The minimum absolute atomic E-state index is 0.138. The van der Waals surface area contributed by atoms with E-state index in [1.807, 2.05) is 6.92 Å². The highest BCUT2D eigenvalue weighted by atomic mass is 16.4. The lowest BCUT2D eigenvalue weighted by molar-refractivity contribution is 0.0695. The van der Waals surface area contributed by atoms with E-state index in [0.29, 0.717) is 24.2 Å². The van der Waals surface area contributed by atoms with E-state index in [-0.39, 0.29) is 12.2 Å². The van der Waals surface area contributed by atoms with Gasteiger partial charge in [-0.3, -0.25) is 4.90 Å². The van der Waals surface area contributed by atoms with Gasteiger partial charge in [0, 0.05) is 25.4 Å². The Morgan fingerprint density at radius 3 is 2.72 bits per heavy atom. The summed E-state index contributed by atoms with van der Waals surface area (Å²) in [5, 5.41) is 18.0. The zero-order chi connectivity index (χ0) is 13.5. The third-order valence-electron chi connectivity index (χ3n) is 2.87. The molecule has 0 aliphatic rings. The van der Waals surface area contributed by atoms with Gasteiger partial charge in [0.2, 0.25) is 0 Å². The third-order valence-corrected chi connectivity index (χ3v) is 2.87. The Kier molecular flexibility index (Phi) is 5.61. The number of nitrogens with two attached hydrogens (primary N) is 1. The Labute approximate surface area is 107 Å². The highest BCUT2D eigenvalue weighted by molar-refractivity contribution is 5.95. The molecule has 1 rings (SSSR count). The number of rotatable bonds is 7. The van der Waals surface area contributed by atoms with Crippen LogP contribution in [0.2, 0.25) is 0 Å². The van der Waals surface area contributed by atoms with Crippen molar-refractivity contribution in [3.63, 3.8) is 0 Å². The van der Waals surface area contributed by atoms with Crippen LogP contribution in [0.4, 0.5) is 5.69 Å². The summed E-state index contributed by atoms with van der Waals surface area (Å²) in [7, 11) is 0.